The largest absolute Gasteiger partial charge is 0.481 e. The number of hydrogen-bond acceptors (Lipinski definition) is 4. The first kappa shape index (κ1) is 16.3. The van der Waals surface area contributed by atoms with E-state index in [4.69, 9.17) is 5.11 Å². The van der Waals surface area contributed by atoms with Gasteiger partial charge >= 0.3 is 5.97 Å². The molecule has 0 aliphatic carbocycles. The van der Waals surface area contributed by atoms with Crippen molar-refractivity contribution >= 4 is 11.7 Å². The molecular formula is C17H23N3O2. The van der Waals surface area contributed by atoms with Gasteiger partial charge in [0.15, 0.2) is 0 Å². The Labute approximate surface area is 131 Å². The highest BCUT2D eigenvalue weighted by Crippen LogP contribution is 2.20. The predicted octanol–water partition coefficient (Wildman–Crippen LogP) is 2.33. The lowest BCUT2D eigenvalue weighted by molar-refractivity contribution is -0.136. The monoisotopic (exact) mass is 301 g/mol. The third kappa shape index (κ3) is 4.74. The van der Waals surface area contributed by atoms with Gasteiger partial charge in [0.05, 0.1) is 17.7 Å². The van der Waals surface area contributed by atoms with E-state index in [2.05, 4.69) is 11.0 Å². The van der Waals surface area contributed by atoms with Crippen molar-refractivity contribution in [2.24, 2.45) is 0 Å². The molecule has 1 aliphatic heterocycles. The summed E-state index contributed by atoms with van der Waals surface area (Å²) < 4.78 is 0. The van der Waals surface area contributed by atoms with Gasteiger partial charge in [-0.2, -0.15) is 5.26 Å². The summed E-state index contributed by atoms with van der Waals surface area (Å²) in [7, 11) is 0. The Hall–Kier alpha value is -2.06. The molecule has 1 fully saturated rings. The van der Waals surface area contributed by atoms with Gasteiger partial charge in [0, 0.05) is 19.6 Å². The van der Waals surface area contributed by atoms with Crippen molar-refractivity contribution in [1.82, 2.24) is 4.90 Å². The van der Waals surface area contributed by atoms with Crippen LogP contribution >= 0.6 is 0 Å². The molecule has 22 heavy (non-hydrogen) atoms. The molecule has 5 heteroatoms. The minimum absolute atomic E-state index is 0.0831. The van der Waals surface area contributed by atoms with Crippen LogP contribution in [-0.4, -0.2) is 48.7 Å². The molecule has 1 saturated heterocycles. The highest BCUT2D eigenvalue weighted by molar-refractivity contribution is 5.68. The molecule has 1 N–H and O–H groups in total. The minimum Gasteiger partial charge on any atom is -0.481 e. The van der Waals surface area contributed by atoms with Gasteiger partial charge in [-0.05, 0) is 38.1 Å². The van der Waals surface area contributed by atoms with Crippen LogP contribution in [0.1, 0.15) is 31.2 Å². The van der Waals surface area contributed by atoms with Crippen LogP contribution in [0.15, 0.2) is 24.3 Å². The van der Waals surface area contributed by atoms with Crippen LogP contribution < -0.4 is 4.90 Å². The van der Waals surface area contributed by atoms with E-state index in [1.807, 2.05) is 23.1 Å². The number of likely N-dealkylation sites (tertiary alicyclic amines) is 1. The number of aliphatic carboxylic acids is 1. The fourth-order valence-electron chi connectivity index (χ4n) is 2.87. The number of carbonyl (C=O) groups is 1. The van der Waals surface area contributed by atoms with E-state index < -0.39 is 5.97 Å². The van der Waals surface area contributed by atoms with Gasteiger partial charge < -0.3 is 14.9 Å². The van der Waals surface area contributed by atoms with Crippen molar-refractivity contribution in [2.45, 2.75) is 25.7 Å². The maximum Gasteiger partial charge on any atom is 0.305 e. The van der Waals surface area contributed by atoms with Crippen LogP contribution in [0.4, 0.5) is 5.69 Å². The van der Waals surface area contributed by atoms with Gasteiger partial charge in [-0.1, -0.05) is 18.6 Å². The van der Waals surface area contributed by atoms with Crippen molar-refractivity contribution < 1.29 is 9.90 Å². The van der Waals surface area contributed by atoms with E-state index in [9.17, 15) is 10.1 Å². The lowest BCUT2D eigenvalue weighted by Crippen LogP contribution is -2.39. The van der Waals surface area contributed by atoms with Crippen LogP contribution in [0.5, 0.6) is 0 Å². The topological polar surface area (TPSA) is 67.6 Å². The fraction of sp³-hybridized carbons (Fsp3) is 0.529. The summed E-state index contributed by atoms with van der Waals surface area (Å²) in [5.74, 6) is -0.808. The third-order valence-corrected chi connectivity index (χ3v) is 4.10. The van der Waals surface area contributed by atoms with Gasteiger partial charge in [0.25, 0.3) is 0 Å². The molecule has 1 aromatic carbocycles. The van der Waals surface area contributed by atoms with E-state index in [0.29, 0.717) is 12.1 Å². The van der Waals surface area contributed by atoms with Crippen LogP contribution in [-0.2, 0) is 4.79 Å². The van der Waals surface area contributed by atoms with Gasteiger partial charge in [-0.25, -0.2) is 0 Å². The second kappa shape index (κ2) is 8.40. The zero-order valence-electron chi connectivity index (χ0n) is 12.9. The van der Waals surface area contributed by atoms with E-state index in [0.717, 1.165) is 31.9 Å². The molecule has 0 spiro atoms. The maximum atomic E-state index is 10.9. The molecule has 1 heterocycles. The summed E-state index contributed by atoms with van der Waals surface area (Å²) in [6, 6.07) is 9.61. The van der Waals surface area contributed by atoms with Gasteiger partial charge in [-0.3, -0.25) is 4.79 Å². The van der Waals surface area contributed by atoms with E-state index in [-0.39, 0.29) is 6.42 Å². The highest BCUT2D eigenvalue weighted by atomic mass is 16.4. The Balaban J connectivity index is 2.04. The molecular weight excluding hydrogens is 278 g/mol. The van der Waals surface area contributed by atoms with Gasteiger partial charge in [0.2, 0.25) is 0 Å². The van der Waals surface area contributed by atoms with Gasteiger partial charge in [0.1, 0.15) is 6.07 Å². The zero-order chi connectivity index (χ0) is 15.8. The zero-order valence-corrected chi connectivity index (χ0v) is 12.9. The molecule has 0 unspecified atom stereocenters. The van der Waals surface area contributed by atoms with Crippen molar-refractivity contribution in [2.75, 3.05) is 37.6 Å². The first-order valence-electron chi connectivity index (χ1n) is 7.89. The molecule has 0 bridgehead atoms. The molecule has 0 saturated carbocycles. The van der Waals surface area contributed by atoms with Crippen LogP contribution in [0.25, 0.3) is 0 Å². The van der Waals surface area contributed by atoms with Crippen molar-refractivity contribution in [3.05, 3.63) is 29.8 Å². The number of carboxylic acid groups (broad SMARTS) is 1. The smallest absolute Gasteiger partial charge is 0.305 e. The molecule has 118 valence electrons. The summed E-state index contributed by atoms with van der Waals surface area (Å²) in [6.45, 7) is 4.34. The Morgan fingerprint density at radius 2 is 1.95 bits per heavy atom. The van der Waals surface area contributed by atoms with Crippen molar-refractivity contribution in [1.29, 1.82) is 5.26 Å². The molecule has 0 aromatic heterocycles. The first-order valence-corrected chi connectivity index (χ1v) is 7.89. The number of piperidine rings is 1. The third-order valence-electron chi connectivity index (χ3n) is 4.10. The summed E-state index contributed by atoms with van der Waals surface area (Å²) >= 11 is 0. The quantitative estimate of drug-likeness (QED) is 0.837. The molecule has 0 atom stereocenters. The molecule has 5 nitrogen and oxygen atoms in total. The number of para-hydroxylation sites is 1. The second-order valence-electron chi connectivity index (χ2n) is 5.66. The average molecular weight is 301 g/mol. The van der Waals surface area contributed by atoms with Crippen LogP contribution in [0.2, 0.25) is 0 Å². The lowest BCUT2D eigenvalue weighted by Gasteiger charge is -2.31. The molecule has 2 rings (SSSR count). The number of carboxylic acids is 1. The Bertz CT molecular complexity index is 533. The van der Waals surface area contributed by atoms with E-state index in [1.54, 1.807) is 6.07 Å². The van der Waals surface area contributed by atoms with Crippen molar-refractivity contribution in [3.8, 4) is 6.07 Å². The predicted molar refractivity (Wildman–Crippen MR) is 85.9 cm³/mol. The molecule has 1 aliphatic rings. The Kier molecular flexibility index (Phi) is 6.23. The molecule has 1 aromatic rings. The lowest BCUT2D eigenvalue weighted by atomic mass is 10.1. The summed E-state index contributed by atoms with van der Waals surface area (Å²) in [6.07, 6.45) is 3.87. The summed E-state index contributed by atoms with van der Waals surface area (Å²) in [4.78, 5) is 15.3. The standard InChI is InChI=1S/C17H23N3O2/c18-14-15-6-2-3-7-16(15)20(11-8-17(21)22)13-12-19-9-4-1-5-10-19/h2-3,6-7H,1,4-5,8-13H2,(H,21,22). The van der Waals surface area contributed by atoms with Crippen LogP contribution in [0, 0.1) is 11.3 Å². The average Bonchev–Trinajstić information content (AvgIpc) is 2.55. The van der Waals surface area contributed by atoms with Crippen molar-refractivity contribution in [3.63, 3.8) is 0 Å². The fourth-order valence-corrected chi connectivity index (χ4v) is 2.87. The Morgan fingerprint density at radius 1 is 1.23 bits per heavy atom. The number of hydrogen-bond donors (Lipinski definition) is 1. The van der Waals surface area contributed by atoms with Crippen LogP contribution in [0.3, 0.4) is 0 Å². The second-order valence-corrected chi connectivity index (χ2v) is 5.66. The SMILES string of the molecule is N#Cc1ccccc1N(CCC(=O)O)CCN1CCCCC1. The Morgan fingerprint density at radius 3 is 2.64 bits per heavy atom. The number of benzene rings is 1. The van der Waals surface area contributed by atoms with E-state index >= 15 is 0 Å². The first-order chi connectivity index (χ1) is 10.7. The maximum absolute atomic E-state index is 10.9. The summed E-state index contributed by atoms with van der Waals surface area (Å²) in [5, 5.41) is 18.2. The normalized spacial score (nSPS) is 15.2. The number of anilines is 1. The van der Waals surface area contributed by atoms with E-state index in [1.165, 1.54) is 19.3 Å². The molecule has 0 radical (unpaired) electrons. The number of nitrogens with zero attached hydrogens (tertiary/aromatic N) is 3. The summed E-state index contributed by atoms with van der Waals surface area (Å²) in [5.41, 5.74) is 1.44. The van der Waals surface area contributed by atoms with Gasteiger partial charge in [-0.15, -0.1) is 0 Å². The minimum atomic E-state index is -0.808. The highest BCUT2D eigenvalue weighted by Gasteiger charge is 2.15. The molecule has 0 amide bonds. The number of rotatable bonds is 7. The number of nitriles is 1.